The smallest absolute Gasteiger partial charge is 0.326 e. The van der Waals surface area contributed by atoms with E-state index in [4.69, 9.17) is 9.84 Å². The molecule has 10 nitrogen and oxygen atoms in total. The normalized spacial score (nSPS) is 11.6. The van der Waals surface area contributed by atoms with Crippen molar-refractivity contribution in [3.8, 4) is 5.75 Å². The van der Waals surface area contributed by atoms with Crippen LogP contribution in [0.1, 0.15) is 23.2 Å². The van der Waals surface area contributed by atoms with E-state index in [1.54, 1.807) is 24.3 Å². The Balaban J connectivity index is 1.91. The fourth-order valence-electron chi connectivity index (χ4n) is 3.01. The van der Waals surface area contributed by atoms with E-state index in [2.05, 4.69) is 15.3 Å². The summed E-state index contributed by atoms with van der Waals surface area (Å²) in [6.07, 6.45) is 0.302. The molecule has 1 unspecified atom stereocenters. The maximum absolute atomic E-state index is 15.0. The van der Waals surface area contributed by atoms with Crippen LogP contribution in [-0.4, -0.2) is 51.2 Å². The number of carbonyl (C=O) groups is 3. The molecular formula is C21H18F2N4O6. The number of benzene rings is 2. The Bertz CT molecular complexity index is 1240. The molecule has 1 heterocycles. The number of para-hydroxylation sites is 2. The standard InChI is InChI=1S/C21H18F2N4O6/c1-33-19-17(20(30)27-13(21(31)32)6-7-16(28)29)10(22)8-14(18(19)23)26-15-9-24-11-4-2-3-5-12(11)25-15/h2-5,8-9,13H,6-7H2,1H3,(H,25,26)(H,27,30)(H,28,29)(H,31,32). The van der Waals surface area contributed by atoms with Gasteiger partial charge in [0.2, 0.25) is 0 Å². The van der Waals surface area contributed by atoms with Crippen molar-refractivity contribution in [2.45, 2.75) is 18.9 Å². The molecule has 0 aliphatic rings. The lowest BCUT2D eigenvalue weighted by atomic mass is 10.1. The molecule has 4 N–H and O–H groups in total. The van der Waals surface area contributed by atoms with Gasteiger partial charge in [0.1, 0.15) is 23.2 Å². The van der Waals surface area contributed by atoms with Gasteiger partial charge in [0, 0.05) is 12.5 Å². The van der Waals surface area contributed by atoms with Gasteiger partial charge in [-0.15, -0.1) is 0 Å². The summed E-state index contributed by atoms with van der Waals surface area (Å²) < 4.78 is 34.7. The minimum atomic E-state index is -1.63. The van der Waals surface area contributed by atoms with Crippen LogP contribution in [0.5, 0.6) is 5.75 Å². The Labute approximate surface area is 185 Å². The number of carboxylic acid groups (broad SMARTS) is 2. The predicted molar refractivity (Wildman–Crippen MR) is 111 cm³/mol. The fraction of sp³-hybridized carbons (Fsp3) is 0.190. The fourth-order valence-corrected chi connectivity index (χ4v) is 3.01. The molecule has 0 aliphatic carbocycles. The molecule has 33 heavy (non-hydrogen) atoms. The summed E-state index contributed by atoms with van der Waals surface area (Å²) >= 11 is 0. The second kappa shape index (κ2) is 9.85. The van der Waals surface area contributed by atoms with Gasteiger partial charge in [-0.25, -0.2) is 18.6 Å². The summed E-state index contributed by atoms with van der Waals surface area (Å²) in [5.41, 5.74) is -0.166. The lowest BCUT2D eigenvalue weighted by molar-refractivity contribution is -0.140. The number of fused-ring (bicyclic) bond motifs is 1. The van der Waals surface area contributed by atoms with Crippen molar-refractivity contribution in [1.82, 2.24) is 15.3 Å². The third kappa shape index (κ3) is 5.29. The van der Waals surface area contributed by atoms with E-state index in [9.17, 15) is 23.9 Å². The number of hydrogen-bond acceptors (Lipinski definition) is 7. The van der Waals surface area contributed by atoms with Crippen LogP contribution in [0.3, 0.4) is 0 Å². The molecule has 0 saturated heterocycles. The highest BCUT2D eigenvalue weighted by molar-refractivity contribution is 6.00. The number of halogens is 2. The molecule has 172 valence electrons. The van der Waals surface area contributed by atoms with Crippen LogP contribution < -0.4 is 15.4 Å². The summed E-state index contributed by atoms with van der Waals surface area (Å²) in [7, 11) is 1.01. The number of amides is 1. The SMILES string of the molecule is COc1c(F)c(Nc2cnc3ccccc3n2)cc(F)c1C(=O)NC(CCC(=O)O)C(=O)O. The number of aromatic nitrogens is 2. The van der Waals surface area contributed by atoms with Crippen LogP contribution in [0.2, 0.25) is 0 Å². The number of anilines is 2. The first-order valence-corrected chi connectivity index (χ1v) is 9.51. The summed E-state index contributed by atoms with van der Waals surface area (Å²) in [5, 5.41) is 22.5. The van der Waals surface area contributed by atoms with Crippen LogP contribution in [0.15, 0.2) is 36.5 Å². The summed E-state index contributed by atoms with van der Waals surface area (Å²) in [4.78, 5) is 42.9. The Morgan fingerprint density at radius 1 is 1.15 bits per heavy atom. The zero-order chi connectivity index (χ0) is 24.1. The highest BCUT2D eigenvalue weighted by Crippen LogP contribution is 2.33. The van der Waals surface area contributed by atoms with Gasteiger partial charge in [0.05, 0.1) is 30.0 Å². The minimum Gasteiger partial charge on any atom is -0.493 e. The van der Waals surface area contributed by atoms with Crippen LogP contribution in [0, 0.1) is 11.6 Å². The van der Waals surface area contributed by atoms with Gasteiger partial charge in [0.15, 0.2) is 11.6 Å². The molecule has 0 bridgehead atoms. The second-order valence-corrected chi connectivity index (χ2v) is 6.79. The molecule has 3 rings (SSSR count). The van der Waals surface area contributed by atoms with E-state index < -0.39 is 65.4 Å². The van der Waals surface area contributed by atoms with Gasteiger partial charge in [-0.2, -0.15) is 0 Å². The molecule has 1 aromatic heterocycles. The number of carbonyl (C=O) groups excluding carboxylic acids is 1. The number of nitrogens with one attached hydrogen (secondary N) is 2. The first-order valence-electron chi connectivity index (χ1n) is 9.51. The average molecular weight is 460 g/mol. The van der Waals surface area contributed by atoms with E-state index in [0.29, 0.717) is 17.1 Å². The molecular weight excluding hydrogens is 442 g/mol. The topological polar surface area (TPSA) is 151 Å². The molecule has 0 spiro atoms. The average Bonchev–Trinajstić information content (AvgIpc) is 2.77. The Kier molecular flexibility index (Phi) is 6.96. The number of ether oxygens (including phenoxy) is 1. The molecule has 0 aliphatic heterocycles. The summed E-state index contributed by atoms with van der Waals surface area (Å²) in [6.45, 7) is 0. The van der Waals surface area contributed by atoms with Gasteiger partial charge in [-0.05, 0) is 18.6 Å². The molecule has 3 aromatic rings. The summed E-state index contributed by atoms with van der Waals surface area (Å²) in [5.74, 6) is -7.09. The molecule has 0 fully saturated rings. The zero-order valence-electron chi connectivity index (χ0n) is 17.1. The van der Waals surface area contributed by atoms with Crippen LogP contribution in [0.4, 0.5) is 20.3 Å². The molecule has 1 atom stereocenters. The van der Waals surface area contributed by atoms with E-state index in [1.165, 1.54) is 6.20 Å². The van der Waals surface area contributed by atoms with Crippen molar-refractivity contribution < 1.29 is 38.1 Å². The van der Waals surface area contributed by atoms with Crippen LogP contribution in [0.25, 0.3) is 11.0 Å². The van der Waals surface area contributed by atoms with Gasteiger partial charge < -0.3 is 25.6 Å². The number of carboxylic acids is 2. The Morgan fingerprint density at radius 3 is 2.48 bits per heavy atom. The van der Waals surface area contributed by atoms with Gasteiger partial charge >= 0.3 is 11.9 Å². The van der Waals surface area contributed by atoms with Gasteiger partial charge in [0.25, 0.3) is 5.91 Å². The van der Waals surface area contributed by atoms with Crippen molar-refractivity contribution in [1.29, 1.82) is 0 Å². The minimum absolute atomic E-state index is 0.103. The van der Waals surface area contributed by atoms with Gasteiger partial charge in [-0.1, -0.05) is 12.1 Å². The lowest BCUT2D eigenvalue weighted by Crippen LogP contribution is -2.41. The number of rotatable bonds is 9. The maximum Gasteiger partial charge on any atom is 0.326 e. The van der Waals surface area contributed by atoms with Gasteiger partial charge in [-0.3, -0.25) is 14.6 Å². The van der Waals surface area contributed by atoms with Crippen molar-refractivity contribution in [3.63, 3.8) is 0 Å². The Morgan fingerprint density at radius 2 is 1.85 bits per heavy atom. The van der Waals surface area contributed by atoms with Crippen molar-refractivity contribution in [2.75, 3.05) is 12.4 Å². The number of nitrogens with zero attached hydrogens (tertiary/aromatic N) is 2. The van der Waals surface area contributed by atoms with Crippen molar-refractivity contribution in [2.24, 2.45) is 0 Å². The molecule has 2 aromatic carbocycles. The zero-order valence-corrected chi connectivity index (χ0v) is 17.1. The quantitative estimate of drug-likeness (QED) is 0.378. The largest absolute Gasteiger partial charge is 0.493 e. The Hall–Kier alpha value is -4.35. The third-order valence-corrected chi connectivity index (χ3v) is 4.57. The van der Waals surface area contributed by atoms with E-state index >= 15 is 4.39 Å². The molecule has 0 radical (unpaired) electrons. The number of methoxy groups -OCH3 is 1. The van der Waals surface area contributed by atoms with E-state index in [1.807, 2.05) is 5.32 Å². The van der Waals surface area contributed by atoms with E-state index in [0.717, 1.165) is 7.11 Å². The third-order valence-electron chi connectivity index (χ3n) is 4.57. The maximum atomic E-state index is 15.0. The first-order chi connectivity index (χ1) is 15.7. The number of hydrogen-bond donors (Lipinski definition) is 4. The van der Waals surface area contributed by atoms with Crippen LogP contribution >= 0.6 is 0 Å². The highest BCUT2D eigenvalue weighted by Gasteiger charge is 2.29. The monoisotopic (exact) mass is 460 g/mol. The van der Waals surface area contributed by atoms with E-state index in [-0.39, 0.29) is 5.82 Å². The molecule has 0 saturated carbocycles. The predicted octanol–water partition coefficient (Wildman–Crippen LogP) is 2.71. The number of aliphatic carboxylic acids is 2. The van der Waals surface area contributed by atoms with Crippen LogP contribution in [-0.2, 0) is 9.59 Å². The summed E-state index contributed by atoms with van der Waals surface area (Å²) in [6, 6.07) is 5.97. The molecule has 12 heteroatoms. The lowest BCUT2D eigenvalue weighted by Gasteiger charge is -2.17. The highest BCUT2D eigenvalue weighted by atomic mass is 19.1. The van der Waals surface area contributed by atoms with Crippen molar-refractivity contribution >= 4 is 40.4 Å². The molecule has 1 amide bonds. The second-order valence-electron chi connectivity index (χ2n) is 6.79. The first kappa shape index (κ1) is 23.3. The van der Waals surface area contributed by atoms with Crippen molar-refractivity contribution in [3.05, 3.63) is 53.7 Å².